The molecule has 2 amide bonds. The zero-order valence-electron chi connectivity index (χ0n) is 16.1. The summed E-state index contributed by atoms with van der Waals surface area (Å²) in [5.74, 6) is 0.392. The number of piperazine rings is 1. The molecule has 1 fully saturated rings. The molecule has 148 valence electrons. The third-order valence-corrected chi connectivity index (χ3v) is 4.92. The van der Waals surface area contributed by atoms with E-state index in [9.17, 15) is 14.9 Å². The first-order chi connectivity index (χ1) is 14.0. The molecule has 0 saturated carbocycles. The fourth-order valence-electron chi connectivity index (χ4n) is 3.43. The van der Waals surface area contributed by atoms with Crippen LogP contribution in [0.15, 0.2) is 39.5 Å². The van der Waals surface area contributed by atoms with Gasteiger partial charge in [-0.1, -0.05) is 5.16 Å². The lowest BCUT2D eigenvalue weighted by atomic mass is 10.1. The molecule has 0 N–H and O–H groups in total. The molecule has 9 nitrogen and oxygen atoms in total. The minimum absolute atomic E-state index is 0.191. The van der Waals surface area contributed by atoms with E-state index in [0.29, 0.717) is 43.5 Å². The summed E-state index contributed by atoms with van der Waals surface area (Å²) in [5.41, 5.74) is 1.11. The molecule has 0 bridgehead atoms. The van der Waals surface area contributed by atoms with Crippen molar-refractivity contribution in [1.82, 2.24) is 19.5 Å². The van der Waals surface area contributed by atoms with Crippen molar-refractivity contribution in [2.75, 3.05) is 26.2 Å². The minimum Gasteiger partial charge on any atom is -0.443 e. The quantitative estimate of drug-likeness (QED) is 0.675. The summed E-state index contributed by atoms with van der Waals surface area (Å²) in [6.07, 6.45) is 3.51. The second-order valence-electron chi connectivity index (χ2n) is 6.83. The van der Waals surface area contributed by atoms with E-state index in [2.05, 4.69) is 11.2 Å². The van der Waals surface area contributed by atoms with Crippen molar-refractivity contribution in [3.8, 4) is 12.0 Å². The van der Waals surface area contributed by atoms with Crippen LogP contribution in [0.5, 0.6) is 0 Å². The number of nitrogens with zero attached hydrogens (tertiary/aromatic N) is 5. The number of carbonyl (C=O) groups is 2. The van der Waals surface area contributed by atoms with Crippen molar-refractivity contribution < 1.29 is 18.5 Å². The number of furan rings is 1. The zero-order valence-corrected chi connectivity index (χ0v) is 16.1. The normalized spacial score (nSPS) is 14.1. The first kappa shape index (κ1) is 18.6. The first-order valence-corrected chi connectivity index (χ1v) is 9.18. The van der Waals surface area contributed by atoms with Gasteiger partial charge in [-0.25, -0.2) is 0 Å². The van der Waals surface area contributed by atoms with Gasteiger partial charge in [0.05, 0.1) is 5.69 Å². The summed E-state index contributed by atoms with van der Waals surface area (Å²) in [6, 6.07) is 7.32. The molecule has 4 rings (SSSR count). The van der Waals surface area contributed by atoms with Crippen LogP contribution in [0, 0.1) is 25.2 Å². The third-order valence-electron chi connectivity index (χ3n) is 4.92. The number of carbonyl (C=O) groups excluding carboxylic acids is 2. The molecule has 1 aliphatic rings. The van der Waals surface area contributed by atoms with E-state index in [0.717, 1.165) is 0 Å². The Morgan fingerprint density at radius 3 is 2.24 bits per heavy atom. The summed E-state index contributed by atoms with van der Waals surface area (Å²) in [5, 5.41) is 13.4. The summed E-state index contributed by atoms with van der Waals surface area (Å²) in [6.45, 7) is 4.87. The highest BCUT2D eigenvalue weighted by Crippen LogP contribution is 2.27. The van der Waals surface area contributed by atoms with E-state index in [1.54, 1.807) is 46.7 Å². The predicted molar refractivity (Wildman–Crippen MR) is 101 cm³/mol. The molecule has 4 heterocycles. The molecule has 9 heteroatoms. The number of rotatable bonds is 3. The van der Waals surface area contributed by atoms with Gasteiger partial charge in [0.25, 0.3) is 11.8 Å². The Kier molecular flexibility index (Phi) is 4.68. The lowest BCUT2D eigenvalue weighted by Gasteiger charge is -2.34. The maximum Gasteiger partial charge on any atom is 0.292 e. The molecule has 3 aromatic heterocycles. The Morgan fingerprint density at radius 1 is 1.07 bits per heavy atom. The van der Waals surface area contributed by atoms with Crippen molar-refractivity contribution in [2.45, 2.75) is 13.8 Å². The lowest BCUT2D eigenvalue weighted by Crippen LogP contribution is -2.50. The van der Waals surface area contributed by atoms with Crippen LogP contribution in [0.2, 0.25) is 0 Å². The second kappa shape index (κ2) is 7.31. The largest absolute Gasteiger partial charge is 0.443 e. The van der Waals surface area contributed by atoms with Crippen LogP contribution in [-0.4, -0.2) is 57.5 Å². The van der Waals surface area contributed by atoms with Gasteiger partial charge in [0.15, 0.2) is 0 Å². The fraction of sp³-hybridized carbons (Fsp3) is 0.300. The predicted octanol–water partition coefficient (Wildman–Crippen LogP) is 2.15. The van der Waals surface area contributed by atoms with Crippen LogP contribution in [0.1, 0.15) is 37.9 Å². The average molecular weight is 393 g/mol. The summed E-state index contributed by atoms with van der Waals surface area (Å²) >= 11 is 0. The smallest absolute Gasteiger partial charge is 0.292 e. The molecule has 0 unspecified atom stereocenters. The van der Waals surface area contributed by atoms with E-state index in [-0.39, 0.29) is 28.7 Å². The molecule has 1 saturated heterocycles. The van der Waals surface area contributed by atoms with Crippen molar-refractivity contribution in [3.05, 3.63) is 58.9 Å². The van der Waals surface area contributed by atoms with E-state index >= 15 is 0 Å². The van der Waals surface area contributed by atoms with Crippen molar-refractivity contribution >= 4 is 11.8 Å². The van der Waals surface area contributed by atoms with Gasteiger partial charge in [-0.2, -0.15) is 5.26 Å². The molecule has 0 aromatic carbocycles. The van der Waals surface area contributed by atoms with Crippen molar-refractivity contribution in [1.29, 1.82) is 5.26 Å². The number of hydrogen-bond acceptors (Lipinski definition) is 6. The van der Waals surface area contributed by atoms with E-state index in [4.69, 9.17) is 8.94 Å². The Bertz CT molecular complexity index is 1090. The maximum atomic E-state index is 13.1. The highest BCUT2D eigenvalue weighted by Gasteiger charge is 2.31. The Labute approximate surface area is 166 Å². The highest BCUT2D eigenvalue weighted by atomic mass is 16.5. The van der Waals surface area contributed by atoms with Crippen LogP contribution in [0.4, 0.5) is 0 Å². The molecule has 0 radical (unpaired) electrons. The molecule has 1 aliphatic heterocycles. The molecular formula is C20H19N5O4. The molecule has 0 aliphatic carbocycles. The van der Waals surface area contributed by atoms with E-state index < -0.39 is 0 Å². The molecule has 0 spiro atoms. The monoisotopic (exact) mass is 393 g/mol. The van der Waals surface area contributed by atoms with Crippen LogP contribution in [-0.2, 0) is 0 Å². The average Bonchev–Trinajstić information content (AvgIpc) is 3.46. The summed E-state index contributed by atoms with van der Waals surface area (Å²) < 4.78 is 12.4. The van der Waals surface area contributed by atoms with Gasteiger partial charge in [0.1, 0.15) is 23.0 Å². The second-order valence-corrected chi connectivity index (χ2v) is 6.83. The minimum atomic E-state index is -0.274. The van der Waals surface area contributed by atoms with Crippen molar-refractivity contribution in [3.63, 3.8) is 0 Å². The lowest BCUT2D eigenvalue weighted by molar-refractivity contribution is 0.0511. The van der Waals surface area contributed by atoms with E-state index in [1.165, 1.54) is 0 Å². The number of aromatic nitrogens is 2. The van der Waals surface area contributed by atoms with Gasteiger partial charge in [-0.05, 0) is 26.0 Å². The Balaban J connectivity index is 1.51. The van der Waals surface area contributed by atoms with Crippen LogP contribution >= 0.6 is 0 Å². The number of aryl methyl sites for hydroxylation is 2. The van der Waals surface area contributed by atoms with Gasteiger partial charge in [0.2, 0.25) is 11.6 Å². The van der Waals surface area contributed by atoms with Gasteiger partial charge in [-0.15, -0.1) is 0 Å². The standard InChI is InChI=1S/C20H19N5O4/c1-13-11-16(29-22-13)18(26)23-7-9-24(10-8-23)19(27)17-14(2)28-20(15(17)12-21)25-5-3-4-6-25/h3-6,11H,7-10H2,1-2H3. The topological polar surface area (TPSA) is 109 Å². The maximum absolute atomic E-state index is 13.1. The van der Waals surface area contributed by atoms with Crippen LogP contribution < -0.4 is 0 Å². The molecular weight excluding hydrogens is 374 g/mol. The summed E-state index contributed by atoms with van der Waals surface area (Å²) in [7, 11) is 0. The van der Waals surface area contributed by atoms with Gasteiger partial charge < -0.3 is 18.7 Å². The Hall–Kier alpha value is -3.80. The van der Waals surface area contributed by atoms with E-state index in [1.807, 2.05) is 12.1 Å². The zero-order chi connectivity index (χ0) is 20.5. The third kappa shape index (κ3) is 3.29. The first-order valence-electron chi connectivity index (χ1n) is 9.18. The van der Waals surface area contributed by atoms with Crippen molar-refractivity contribution in [2.24, 2.45) is 0 Å². The fourth-order valence-corrected chi connectivity index (χ4v) is 3.43. The highest BCUT2D eigenvalue weighted by molar-refractivity contribution is 5.99. The van der Waals surface area contributed by atoms with Gasteiger partial charge in [-0.3, -0.25) is 14.2 Å². The Morgan fingerprint density at radius 2 is 1.69 bits per heavy atom. The number of amides is 2. The SMILES string of the molecule is Cc1cc(C(=O)N2CCN(C(=O)c3c(C)oc(-n4cccc4)c3C#N)CC2)on1. The molecule has 3 aromatic rings. The number of hydrogen-bond donors (Lipinski definition) is 0. The van der Waals surface area contributed by atoms with Crippen LogP contribution in [0.3, 0.4) is 0 Å². The summed E-state index contributed by atoms with van der Waals surface area (Å²) in [4.78, 5) is 28.8. The van der Waals surface area contributed by atoms with Crippen LogP contribution in [0.25, 0.3) is 5.88 Å². The molecule has 29 heavy (non-hydrogen) atoms. The van der Waals surface area contributed by atoms with Gasteiger partial charge in [0, 0.05) is 44.6 Å². The number of nitriles is 1. The van der Waals surface area contributed by atoms with Gasteiger partial charge >= 0.3 is 0 Å². The molecule has 0 atom stereocenters.